The molecule has 1 saturated heterocycles. The first-order chi connectivity index (χ1) is 12.1. The molecule has 0 bridgehead atoms. The molecular weight excluding hydrogens is 359 g/mol. The highest BCUT2D eigenvalue weighted by atomic mass is 35.5. The van der Waals surface area contributed by atoms with Crippen molar-refractivity contribution in [2.24, 2.45) is 0 Å². The molecule has 0 radical (unpaired) electrons. The lowest BCUT2D eigenvalue weighted by molar-refractivity contribution is 0.165. The third-order valence-electron chi connectivity index (χ3n) is 4.50. The van der Waals surface area contributed by atoms with E-state index < -0.39 is 6.09 Å². The van der Waals surface area contributed by atoms with E-state index in [1.54, 1.807) is 6.07 Å². The van der Waals surface area contributed by atoms with Gasteiger partial charge in [0.1, 0.15) is 0 Å². The number of amides is 1. The number of nitrogens with one attached hydrogen (secondary N) is 1. The third kappa shape index (κ3) is 4.46. The molecule has 4 nitrogen and oxygen atoms in total. The van der Waals surface area contributed by atoms with Gasteiger partial charge < -0.3 is 10.1 Å². The zero-order valence-electron chi connectivity index (χ0n) is 13.9. The molecule has 25 heavy (non-hydrogen) atoms. The Balaban J connectivity index is 1.79. The molecule has 1 aliphatic heterocycles. The molecule has 2 atom stereocenters. The average Bonchev–Trinajstić information content (AvgIpc) is 3.00. The van der Waals surface area contributed by atoms with Gasteiger partial charge in [-0.3, -0.25) is 4.90 Å². The number of alkyl carbamates (subject to hydrolysis) is 1. The zero-order chi connectivity index (χ0) is 17.8. The van der Waals surface area contributed by atoms with E-state index in [1.165, 1.54) is 12.7 Å². The summed E-state index contributed by atoms with van der Waals surface area (Å²) < 4.78 is 4.78. The molecule has 1 N–H and O–H groups in total. The Labute approximate surface area is 157 Å². The fourth-order valence-electron chi connectivity index (χ4n) is 3.29. The summed E-state index contributed by atoms with van der Waals surface area (Å²) in [5.41, 5.74) is 2.31. The Kier molecular flexibility index (Phi) is 5.84. The lowest BCUT2D eigenvalue weighted by Crippen LogP contribution is -2.39. The molecular formula is C19H20Cl2N2O2. The van der Waals surface area contributed by atoms with E-state index in [0.29, 0.717) is 10.0 Å². The second-order valence-electron chi connectivity index (χ2n) is 6.20. The fraction of sp³-hybridized carbons (Fsp3) is 0.316. The van der Waals surface area contributed by atoms with E-state index in [9.17, 15) is 4.79 Å². The van der Waals surface area contributed by atoms with Crippen LogP contribution in [0.5, 0.6) is 0 Å². The Hall–Kier alpha value is -1.75. The van der Waals surface area contributed by atoms with Crippen LogP contribution in [0.1, 0.15) is 17.0 Å². The molecule has 1 amide bonds. The zero-order valence-corrected chi connectivity index (χ0v) is 15.4. The Morgan fingerprint density at radius 3 is 2.60 bits per heavy atom. The van der Waals surface area contributed by atoms with Gasteiger partial charge in [0.2, 0.25) is 0 Å². The number of carbonyl (C=O) groups excluding carboxylic acids is 1. The predicted molar refractivity (Wildman–Crippen MR) is 100 cm³/mol. The van der Waals surface area contributed by atoms with E-state index in [-0.39, 0.29) is 12.0 Å². The molecule has 2 aromatic carbocycles. The Morgan fingerprint density at radius 2 is 1.92 bits per heavy atom. The molecule has 0 aliphatic carbocycles. The van der Waals surface area contributed by atoms with Crippen LogP contribution in [0.3, 0.4) is 0 Å². The van der Waals surface area contributed by atoms with Gasteiger partial charge in [-0.1, -0.05) is 59.6 Å². The highest BCUT2D eigenvalue weighted by Gasteiger charge is 2.35. The maximum Gasteiger partial charge on any atom is 0.407 e. The minimum atomic E-state index is -0.420. The van der Waals surface area contributed by atoms with Gasteiger partial charge in [-0.15, -0.1) is 0 Å². The van der Waals surface area contributed by atoms with Crippen LogP contribution in [0, 0.1) is 0 Å². The fourth-order valence-corrected chi connectivity index (χ4v) is 3.60. The lowest BCUT2D eigenvalue weighted by Gasteiger charge is -2.20. The van der Waals surface area contributed by atoms with Crippen LogP contribution < -0.4 is 5.32 Å². The number of nitrogens with zero attached hydrogens (tertiary/aromatic N) is 1. The van der Waals surface area contributed by atoms with Gasteiger partial charge in [0.25, 0.3) is 0 Å². The van der Waals surface area contributed by atoms with Crippen LogP contribution in [0.25, 0.3) is 0 Å². The number of benzene rings is 2. The van der Waals surface area contributed by atoms with Gasteiger partial charge in [-0.05, 0) is 23.3 Å². The van der Waals surface area contributed by atoms with Crippen molar-refractivity contribution in [2.75, 3.05) is 20.2 Å². The summed E-state index contributed by atoms with van der Waals surface area (Å²) in [7, 11) is 1.38. The maximum absolute atomic E-state index is 11.7. The minimum Gasteiger partial charge on any atom is -0.453 e. The van der Waals surface area contributed by atoms with Crippen molar-refractivity contribution in [1.29, 1.82) is 0 Å². The number of hydrogen-bond acceptors (Lipinski definition) is 3. The van der Waals surface area contributed by atoms with Crippen LogP contribution in [-0.4, -0.2) is 37.2 Å². The summed E-state index contributed by atoms with van der Waals surface area (Å²) in [5.74, 6) is 0.123. The molecule has 1 fully saturated rings. The third-order valence-corrected chi connectivity index (χ3v) is 5.24. The van der Waals surface area contributed by atoms with Gasteiger partial charge in [-0.2, -0.15) is 0 Å². The second-order valence-corrected chi connectivity index (χ2v) is 7.02. The SMILES string of the molecule is COC(=O)NC1CN(Cc2ccccc2)CC1c1ccc(Cl)c(Cl)c1. The molecule has 1 heterocycles. The molecule has 6 heteroatoms. The van der Waals surface area contributed by atoms with Gasteiger partial charge in [-0.25, -0.2) is 4.79 Å². The summed E-state index contributed by atoms with van der Waals surface area (Å²) in [4.78, 5) is 14.1. The Bertz CT molecular complexity index is 739. The first-order valence-electron chi connectivity index (χ1n) is 8.12. The molecule has 0 aromatic heterocycles. The number of ether oxygens (including phenoxy) is 1. The van der Waals surface area contributed by atoms with Gasteiger partial charge in [0.05, 0.1) is 23.2 Å². The Morgan fingerprint density at radius 1 is 1.16 bits per heavy atom. The lowest BCUT2D eigenvalue weighted by atomic mass is 9.94. The summed E-state index contributed by atoms with van der Waals surface area (Å²) in [6.45, 7) is 2.40. The van der Waals surface area contributed by atoms with Crippen molar-refractivity contribution >= 4 is 29.3 Å². The first-order valence-corrected chi connectivity index (χ1v) is 8.88. The van der Waals surface area contributed by atoms with Crippen LogP contribution in [0.15, 0.2) is 48.5 Å². The molecule has 0 spiro atoms. The molecule has 132 valence electrons. The number of methoxy groups -OCH3 is 1. The molecule has 3 rings (SSSR count). The average molecular weight is 379 g/mol. The predicted octanol–water partition coefficient (Wildman–Crippen LogP) is 4.32. The summed E-state index contributed by atoms with van der Waals surface area (Å²) in [6, 6.07) is 15.9. The van der Waals surface area contributed by atoms with Gasteiger partial charge in [0.15, 0.2) is 0 Å². The largest absolute Gasteiger partial charge is 0.453 e. The number of carbonyl (C=O) groups is 1. The number of rotatable bonds is 4. The standard InChI is InChI=1S/C19H20Cl2N2O2/c1-25-19(24)22-18-12-23(10-13-5-3-2-4-6-13)11-15(18)14-7-8-16(20)17(21)9-14/h2-9,15,18H,10-12H2,1H3,(H,22,24). The van der Waals surface area contributed by atoms with E-state index in [1.807, 2.05) is 30.3 Å². The molecule has 2 aromatic rings. The van der Waals surface area contributed by atoms with E-state index >= 15 is 0 Å². The van der Waals surface area contributed by atoms with Crippen molar-refractivity contribution < 1.29 is 9.53 Å². The van der Waals surface area contributed by atoms with Crippen LogP contribution in [0.4, 0.5) is 4.79 Å². The van der Waals surface area contributed by atoms with Crippen molar-refractivity contribution in [3.05, 3.63) is 69.7 Å². The van der Waals surface area contributed by atoms with Gasteiger partial charge in [0, 0.05) is 25.6 Å². The van der Waals surface area contributed by atoms with Gasteiger partial charge >= 0.3 is 6.09 Å². The quantitative estimate of drug-likeness (QED) is 0.861. The number of hydrogen-bond donors (Lipinski definition) is 1. The highest BCUT2D eigenvalue weighted by Crippen LogP contribution is 2.32. The smallest absolute Gasteiger partial charge is 0.407 e. The molecule has 0 saturated carbocycles. The number of halogens is 2. The van der Waals surface area contributed by atoms with Crippen molar-refractivity contribution in [3.63, 3.8) is 0 Å². The summed E-state index contributed by atoms with van der Waals surface area (Å²) >= 11 is 12.2. The van der Waals surface area contributed by atoms with E-state index in [0.717, 1.165) is 25.2 Å². The van der Waals surface area contributed by atoms with Crippen LogP contribution >= 0.6 is 23.2 Å². The molecule has 1 aliphatic rings. The highest BCUT2D eigenvalue weighted by molar-refractivity contribution is 6.42. The first kappa shape index (κ1) is 18.1. The van der Waals surface area contributed by atoms with E-state index in [4.69, 9.17) is 27.9 Å². The summed E-state index contributed by atoms with van der Waals surface area (Å²) in [5, 5.41) is 4.00. The van der Waals surface area contributed by atoms with Crippen molar-refractivity contribution in [1.82, 2.24) is 10.2 Å². The second kappa shape index (κ2) is 8.09. The van der Waals surface area contributed by atoms with Crippen LogP contribution in [0.2, 0.25) is 10.0 Å². The van der Waals surface area contributed by atoms with Crippen molar-refractivity contribution in [2.45, 2.75) is 18.5 Å². The minimum absolute atomic E-state index is 0.0478. The monoisotopic (exact) mass is 378 g/mol. The summed E-state index contributed by atoms with van der Waals surface area (Å²) in [6.07, 6.45) is -0.420. The maximum atomic E-state index is 11.7. The van der Waals surface area contributed by atoms with Crippen molar-refractivity contribution in [3.8, 4) is 0 Å². The number of likely N-dealkylation sites (tertiary alicyclic amines) is 1. The molecule has 2 unspecified atom stereocenters. The normalized spacial score (nSPS) is 20.4. The van der Waals surface area contributed by atoms with E-state index in [2.05, 4.69) is 22.3 Å². The topological polar surface area (TPSA) is 41.6 Å². The van der Waals surface area contributed by atoms with Crippen LogP contribution in [-0.2, 0) is 11.3 Å².